The van der Waals surface area contributed by atoms with Gasteiger partial charge in [0, 0.05) is 28.2 Å². The smallest absolute Gasteiger partial charge is 0.231 e. The number of aromatic nitrogens is 3. The predicted octanol–water partition coefficient (Wildman–Crippen LogP) is 2.96. The Hall–Kier alpha value is -2.35. The minimum atomic E-state index is -0.488. The predicted molar refractivity (Wildman–Crippen MR) is 104 cm³/mol. The maximum absolute atomic E-state index is 12.5. The van der Waals surface area contributed by atoms with E-state index in [0.717, 1.165) is 36.3 Å². The molecule has 1 aliphatic rings. The maximum Gasteiger partial charge on any atom is 0.231 e. The van der Waals surface area contributed by atoms with E-state index < -0.39 is 5.41 Å². The number of fused-ring (bicyclic) bond motifs is 1. The summed E-state index contributed by atoms with van der Waals surface area (Å²) in [4.78, 5) is 37.6. The summed E-state index contributed by atoms with van der Waals surface area (Å²) in [6, 6.07) is -0.0550. The second-order valence-corrected chi connectivity index (χ2v) is 8.71. The van der Waals surface area contributed by atoms with Crippen LogP contribution in [0.25, 0.3) is 0 Å². The first-order chi connectivity index (χ1) is 12.7. The highest BCUT2D eigenvalue weighted by Crippen LogP contribution is 2.28. The fourth-order valence-corrected chi connectivity index (χ4v) is 3.64. The maximum atomic E-state index is 12.5. The molecular formula is C19H25N5O2S. The summed E-state index contributed by atoms with van der Waals surface area (Å²) in [6.45, 7) is 7.41. The van der Waals surface area contributed by atoms with Crippen molar-refractivity contribution < 1.29 is 9.59 Å². The molecule has 144 valence electrons. The second kappa shape index (κ2) is 7.72. The summed E-state index contributed by atoms with van der Waals surface area (Å²) >= 11 is 1.33. The average molecular weight is 388 g/mol. The molecule has 0 radical (unpaired) electrons. The largest absolute Gasteiger partial charge is 0.349 e. The molecule has 0 aromatic carbocycles. The SMILES string of the molecule is Cc1ncc2c(n1)CCCC2NC(=O)Cc1csc(NC(=O)C(C)(C)C)n1. The number of aryl methyl sites for hydroxylation is 2. The van der Waals surface area contributed by atoms with Gasteiger partial charge in [-0.3, -0.25) is 9.59 Å². The lowest BCUT2D eigenvalue weighted by Gasteiger charge is -2.25. The van der Waals surface area contributed by atoms with Crippen LogP contribution in [-0.4, -0.2) is 26.8 Å². The molecule has 0 saturated carbocycles. The van der Waals surface area contributed by atoms with Crippen LogP contribution >= 0.6 is 11.3 Å². The van der Waals surface area contributed by atoms with Gasteiger partial charge in [-0.15, -0.1) is 11.3 Å². The van der Waals surface area contributed by atoms with Crippen molar-refractivity contribution in [2.45, 2.75) is 59.4 Å². The number of amides is 2. The lowest BCUT2D eigenvalue weighted by molar-refractivity contribution is -0.123. The van der Waals surface area contributed by atoms with Gasteiger partial charge in [0.1, 0.15) is 5.82 Å². The van der Waals surface area contributed by atoms with Crippen molar-refractivity contribution in [3.8, 4) is 0 Å². The first kappa shape index (κ1) is 19.4. The highest BCUT2D eigenvalue weighted by molar-refractivity contribution is 7.13. The molecule has 0 aliphatic heterocycles. The molecule has 0 bridgehead atoms. The zero-order valence-corrected chi connectivity index (χ0v) is 16.9. The molecule has 1 aliphatic carbocycles. The minimum absolute atomic E-state index is 0.0550. The normalized spacial score (nSPS) is 16.5. The van der Waals surface area contributed by atoms with Crippen LogP contribution in [0.4, 0.5) is 5.13 Å². The lowest BCUT2D eigenvalue weighted by atomic mass is 9.92. The van der Waals surface area contributed by atoms with Gasteiger partial charge in [-0.2, -0.15) is 0 Å². The van der Waals surface area contributed by atoms with Crippen LogP contribution in [0.2, 0.25) is 0 Å². The van der Waals surface area contributed by atoms with Crippen molar-refractivity contribution in [3.05, 3.63) is 34.4 Å². The van der Waals surface area contributed by atoms with E-state index in [1.54, 1.807) is 5.38 Å². The zero-order chi connectivity index (χ0) is 19.6. The third-order valence-corrected chi connectivity index (χ3v) is 5.24. The van der Waals surface area contributed by atoms with Gasteiger partial charge in [0.15, 0.2) is 5.13 Å². The Labute approximate surface area is 163 Å². The number of anilines is 1. The van der Waals surface area contributed by atoms with Gasteiger partial charge in [0.25, 0.3) is 0 Å². The summed E-state index contributed by atoms with van der Waals surface area (Å²) < 4.78 is 0. The molecular weight excluding hydrogens is 362 g/mol. The van der Waals surface area contributed by atoms with E-state index in [1.165, 1.54) is 11.3 Å². The van der Waals surface area contributed by atoms with Gasteiger partial charge in [0.05, 0.1) is 18.2 Å². The Morgan fingerprint density at radius 1 is 1.30 bits per heavy atom. The van der Waals surface area contributed by atoms with Crippen molar-refractivity contribution in [3.63, 3.8) is 0 Å². The number of hydrogen-bond donors (Lipinski definition) is 2. The summed E-state index contributed by atoms with van der Waals surface area (Å²) in [5, 5.41) is 8.19. The van der Waals surface area contributed by atoms with Gasteiger partial charge in [-0.05, 0) is 26.2 Å². The van der Waals surface area contributed by atoms with E-state index in [1.807, 2.05) is 33.9 Å². The number of nitrogens with one attached hydrogen (secondary N) is 2. The standard InChI is InChI=1S/C19H25N5O2S/c1-11-20-9-13-14(21-11)6-5-7-15(13)23-16(25)8-12-10-27-18(22-12)24-17(26)19(2,3)4/h9-10,15H,5-8H2,1-4H3,(H,23,25)(H,22,24,26). The molecule has 1 unspecified atom stereocenters. The topological polar surface area (TPSA) is 96.9 Å². The van der Waals surface area contributed by atoms with E-state index in [9.17, 15) is 9.59 Å². The van der Waals surface area contributed by atoms with Crippen LogP contribution in [0.5, 0.6) is 0 Å². The number of carbonyl (C=O) groups is 2. The summed E-state index contributed by atoms with van der Waals surface area (Å²) in [5.41, 5.74) is 2.20. The lowest BCUT2D eigenvalue weighted by Crippen LogP contribution is -2.32. The Balaban J connectivity index is 1.60. The number of carbonyl (C=O) groups excluding carboxylic acids is 2. The van der Waals surface area contributed by atoms with Crippen molar-refractivity contribution in [2.24, 2.45) is 5.41 Å². The fourth-order valence-electron chi connectivity index (χ4n) is 2.94. The minimum Gasteiger partial charge on any atom is -0.349 e. The molecule has 27 heavy (non-hydrogen) atoms. The van der Waals surface area contributed by atoms with Crippen LogP contribution in [0, 0.1) is 12.3 Å². The second-order valence-electron chi connectivity index (χ2n) is 7.86. The van der Waals surface area contributed by atoms with Gasteiger partial charge >= 0.3 is 0 Å². The van der Waals surface area contributed by atoms with Crippen LogP contribution < -0.4 is 10.6 Å². The molecule has 2 N–H and O–H groups in total. The van der Waals surface area contributed by atoms with Crippen molar-refractivity contribution in [2.75, 3.05) is 5.32 Å². The molecule has 2 amide bonds. The highest BCUT2D eigenvalue weighted by Gasteiger charge is 2.24. The molecule has 0 saturated heterocycles. The van der Waals surface area contributed by atoms with Crippen LogP contribution in [0.3, 0.4) is 0 Å². The van der Waals surface area contributed by atoms with Crippen LogP contribution in [0.15, 0.2) is 11.6 Å². The monoisotopic (exact) mass is 387 g/mol. The number of rotatable bonds is 4. The average Bonchev–Trinajstić information content (AvgIpc) is 3.00. The summed E-state index contributed by atoms with van der Waals surface area (Å²) in [7, 11) is 0. The Bertz CT molecular complexity index is 856. The third-order valence-electron chi connectivity index (χ3n) is 4.43. The van der Waals surface area contributed by atoms with E-state index in [2.05, 4.69) is 25.6 Å². The Kier molecular flexibility index (Phi) is 5.55. The van der Waals surface area contributed by atoms with E-state index in [-0.39, 0.29) is 24.3 Å². The number of nitrogens with zero attached hydrogens (tertiary/aromatic N) is 3. The van der Waals surface area contributed by atoms with Gasteiger partial charge in [-0.25, -0.2) is 15.0 Å². The molecule has 1 atom stereocenters. The van der Waals surface area contributed by atoms with E-state index >= 15 is 0 Å². The van der Waals surface area contributed by atoms with Crippen LogP contribution in [0.1, 0.15) is 62.4 Å². The summed E-state index contributed by atoms with van der Waals surface area (Å²) in [6.07, 6.45) is 4.81. The van der Waals surface area contributed by atoms with Crippen LogP contribution in [-0.2, 0) is 22.4 Å². The molecule has 0 fully saturated rings. The van der Waals surface area contributed by atoms with Gasteiger partial charge in [-0.1, -0.05) is 20.8 Å². The van der Waals surface area contributed by atoms with Gasteiger partial charge < -0.3 is 10.6 Å². The molecule has 7 nitrogen and oxygen atoms in total. The highest BCUT2D eigenvalue weighted by atomic mass is 32.1. The molecule has 2 aromatic rings. The fraction of sp³-hybridized carbons (Fsp3) is 0.526. The first-order valence-electron chi connectivity index (χ1n) is 9.10. The van der Waals surface area contributed by atoms with E-state index in [0.29, 0.717) is 10.8 Å². The third kappa shape index (κ3) is 4.88. The van der Waals surface area contributed by atoms with E-state index in [4.69, 9.17) is 0 Å². The number of hydrogen-bond acceptors (Lipinski definition) is 6. The van der Waals surface area contributed by atoms with Crippen molar-refractivity contribution in [1.29, 1.82) is 0 Å². The Morgan fingerprint density at radius 2 is 2.07 bits per heavy atom. The summed E-state index contributed by atoms with van der Waals surface area (Å²) in [5.74, 6) is 0.572. The first-order valence-corrected chi connectivity index (χ1v) is 9.98. The molecule has 2 aromatic heterocycles. The van der Waals surface area contributed by atoms with Gasteiger partial charge in [0.2, 0.25) is 11.8 Å². The van der Waals surface area contributed by atoms with Crippen molar-refractivity contribution >= 4 is 28.3 Å². The van der Waals surface area contributed by atoms with Crippen molar-refractivity contribution in [1.82, 2.24) is 20.3 Å². The molecule has 3 rings (SSSR count). The molecule has 0 spiro atoms. The number of thiazole rings is 1. The molecule has 2 heterocycles. The molecule has 8 heteroatoms. The zero-order valence-electron chi connectivity index (χ0n) is 16.1. The quantitative estimate of drug-likeness (QED) is 0.841. The Morgan fingerprint density at radius 3 is 2.81 bits per heavy atom.